The van der Waals surface area contributed by atoms with Crippen LogP contribution in [-0.4, -0.2) is 15.9 Å². The number of anilines is 1. The number of amides is 1. The molecule has 0 aliphatic rings. The minimum atomic E-state index is -0.198. The molecule has 1 amide bonds. The number of nitrogens with one attached hydrogen (secondary N) is 1. The first-order chi connectivity index (χ1) is 7.34. The molecule has 0 radical (unpaired) electrons. The average molecular weight is 203 g/mol. The molecular weight excluding hydrogens is 194 g/mol. The maximum Gasteiger partial charge on any atom is 0.234 e. The summed E-state index contributed by atoms with van der Waals surface area (Å²) in [6, 6.07) is 5.16. The number of hydrogen-bond donors (Lipinski definition) is 1. The first-order valence-corrected chi connectivity index (χ1v) is 4.44. The summed E-state index contributed by atoms with van der Waals surface area (Å²) < 4.78 is 5.04. The van der Waals surface area contributed by atoms with Crippen molar-refractivity contribution in [3.63, 3.8) is 0 Å². The summed E-state index contributed by atoms with van der Waals surface area (Å²) in [4.78, 5) is 19.2. The van der Waals surface area contributed by atoms with Crippen molar-refractivity contribution in [2.45, 2.75) is 6.42 Å². The number of furan rings is 1. The highest BCUT2D eigenvalue weighted by Crippen LogP contribution is 2.02. The quantitative estimate of drug-likeness (QED) is 0.815. The Kier molecular flexibility index (Phi) is 2.73. The van der Waals surface area contributed by atoms with E-state index in [0.29, 0.717) is 11.7 Å². The Morgan fingerprint density at radius 2 is 2.13 bits per heavy atom. The van der Waals surface area contributed by atoms with Gasteiger partial charge in [-0.05, 0) is 18.2 Å². The lowest BCUT2D eigenvalue weighted by Crippen LogP contribution is -2.15. The predicted octanol–water partition coefficient (Wildman–Crippen LogP) is 1.25. The third-order valence-electron chi connectivity index (χ3n) is 1.73. The molecule has 0 atom stereocenters. The fraction of sp³-hybridized carbons (Fsp3) is 0.100. The summed E-state index contributed by atoms with van der Waals surface area (Å²) in [5.41, 5.74) is 0. The van der Waals surface area contributed by atoms with Crippen molar-refractivity contribution >= 4 is 11.9 Å². The van der Waals surface area contributed by atoms with Crippen molar-refractivity contribution in [2.75, 3.05) is 5.32 Å². The molecule has 0 aliphatic heterocycles. The Morgan fingerprint density at radius 3 is 2.80 bits per heavy atom. The van der Waals surface area contributed by atoms with Gasteiger partial charge in [0.05, 0.1) is 12.7 Å². The molecule has 2 aromatic heterocycles. The van der Waals surface area contributed by atoms with Crippen molar-refractivity contribution in [3.05, 3.63) is 42.6 Å². The van der Waals surface area contributed by atoms with E-state index in [1.807, 2.05) is 0 Å². The van der Waals surface area contributed by atoms with Gasteiger partial charge in [0.1, 0.15) is 5.76 Å². The number of aromatic nitrogens is 2. The normalized spacial score (nSPS) is 9.87. The molecule has 0 unspecified atom stereocenters. The summed E-state index contributed by atoms with van der Waals surface area (Å²) >= 11 is 0. The summed E-state index contributed by atoms with van der Waals surface area (Å²) in [6.07, 6.45) is 4.85. The highest BCUT2D eigenvalue weighted by Gasteiger charge is 2.06. The zero-order chi connectivity index (χ0) is 10.5. The average Bonchev–Trinajstić information content (AvgIpc) is 2.71. The van der Waals surface area contributed by atoms with E-state index in [2.05, 4.69) is 15.3 Å². The number of carbonyl (C=O) groups excluding carboxylic acids is 1. The molecule has 0 fully saturated rings. The van der Waals surface area contributed by atoms with Crippen LogP contribution >= 0.6 is 0 Å². The molecule has 2 aromatic rings. The lowest BCUT2D eigenvalue weighted by atomic mass is 10.3. The summed E-state index contributed by atoms with van der Waals surface area (Å²) in [6.45, 7) is 0. The number of nitrogens with zero attached hydrogens (tertiary/aromatic N) is 2. The molecule has 2 heterocycles. The summed E-state index contributed by atoms with van der Waals surface area (Å²) in [5.74, 6) is 0.716. The Hall–Kier alpha value is -2.17. The van der Waals surface area contributed by atoms with Crippen LogP contribution in [0.3, 0.4) is 0 Å². The van der Waals surface area contributed by atoms with Crippen LogP contribution in [0.25, 0.3) is 0 Å². The Balaban J connectivity index is 1.94. The molecule has 0 aliphatic carbocycles. The zero-order valence-corrected chi connectivity index (χ0v) is 7.88. The summed E-state index contributed by atoms with van der Waals surface area (Å²) in [5, 5.41) is 2.56. The molecule has 0 aromatic carbocycles. The first-order valence-electron chi connectivity index (χ1n) is 4.44. The second-order valence-corrected chi connectivity index (χ2v) is 2.88. The van der Waals surface area contributed by atoms with Crippen LogP contribution in [-0.2, 0) is 11.2 Å². The fourth-order valence-electron chi connectivity index (χ4n) is 1.10. The van der Waals surface area contributed by atoms with Crippen LogP contribution in [0.2, 0.25) is 0 Å². The van der Waals surface area contributed by atoms with Gasteiger partial charge in [0.25, 0.3) is 0 Å². The number of carbonyl (C=O) groups is 1. The van der Waals surface area contributed by atoms with E-state index in [4.69, 9.17) is 4.42 Å². The molecule has 0 saturated carbocycles. The van der Waals surface area contributed by atoms with Crippen molar-refractivity contribution < 1.29 is 9.21 Å². The first kappa shape index (κ1) is 9.39. The molecule has 5 nitrogen and oxygen atoms in total. The molecule has 76 valence electrons. The van der Waals surface area contributed by atoms with Gasteiger partial charge in [-0.25, -0.2) is 9.97 Å². The monoisotopic (exact) mass is 203 g/mol. The lowest BCUT2D eigenvalue weighted by molar-refractivity contribution is -0.115. The number of hydrogen-bond acceptors (Lipinski definition) is 4. The van der Waals surface area contributed by atoms with Gasteiger partial charge in [0.2, 0.25) is 11.9 Å². The van der Waals surface area contributed by atoms with Crippen molar-refractivity contribution in [1.29, 1.82) is 0 Å². The molecule has 0 bridgehead atoms. The maximum atomic E-state index is 11.4. The van der Waals surface area contributed by atoms with Gasteiger partial charge in [0.15, 0.2) is 0 Å². The highest BCUT2D eigenvalue weighted by atomic mass is 16.3. The van der Waals surface area contributed by atoms with Crippen molar-refractivity contribution in [1.82, 2.24) is 9.97 Å². The minimum absolute atomic E-state index is 0.186. The fourth-order valence-corrected chi connectivity index (χ4v) is 1.10. The molecule has 1 N–H and O–H groups in total. The highest BCUT2D eigenvalue weighted by molar-refractivity contribution is 5.90. The topological polar surface area (TPSA) is 68.0 Å². The Bertz CT molecular complexity index is 425. The SMILES string of the molecule is O=C(Cc1ccco1)Nc1ncccn1. The lowest BCUT2D eigenvalue weighted by Gasteiger charge is -2.00. The van der Waals surface area contributed by atoms with E-state index in [1.54, 1.807) is 30.6 Å². The smallest absolute Gasteiger partial charge is 0.234 e. The summed E-state index contributed by atoms with van der Waals surface area (Å²) in [7, 11) is 0. The maximum absolute atomic E-state index is 11.4. The molecule has 0 saturated heterocycles. The van der Waals surface area contributed by atoms with Gasteiger partial charge in [0, 0.05) is 12.4 Å². The second kappa shape index (κ2) is 4.36. The van der Waals surface area contributed by atoms with E-state index >= 15 is 0 Å². The minimum Gasteiger partial charge on any atom is -0.469 e. The molecular formula is C10H9N3O2. The molecule has 5 heteroatoms. The van der Waals surface area contributed by atoms with Crippen molar-refractivity contribution in [3.8, 4) is 0 Å². The van der Waals surface area contributed by atoms with Crippen LogP contribution in [0.5, 0.6) is 0 Å². The van der Waals surface area contributed by atoms with Crippen LogP contribution in [0.4, 0.5) is 5.95 Å². The van der Waals surface area contributed by atoms with E-state index in [1.165, 1.54) is 6.26 Å². The van der Waals surface area contributed by atoms with Crippen LogP contribution in [0, 0.1) is 0 Å². The van der Waals surface area contributed by atoms with Gasteiger partial charge >= 0.3 is 0 Å². The van der Waals surface area contributed by atoms with E-state index in [0.717, 1.165) is 0 Å². The van der Waals surface area contributed by atoms with Gasteiger partial charge in [-0.15, -0.1) is 0 Å². The second-order valence-electron chi connectivity index (χ2n) is 2.88. The van der Waals surface area contributed by atoms with E-state index in [9.17, 15) is 4.79 Å². The molecule has 0 spiro atoms. The van der Waals surface area contributed by atoms with Gasteiger partial charge in [-0.2, -0.15) is 0 Å². The van der Waals surface area contributed by atoms with Crippen LogP contribution in [0.1, 0.15) is 5.76 Å². The van der Waals surface area contributed by atoms with Crippen LogP contribution < -0.4 is 5.32 Å². The van der Waals surface area contributed by atoms with Crippen molar-refractivity contribution in [2.24, 2.45) is 0 Å². The third kappa shape index (κ3) is 2.63. The van der Waals surface area contributed by atoms with Gasteiger partial charge < -0.3 is 4.42 Å². The van der Waals surface area contributed by atoms with Crippen LogP contribution in [0.15, 0.2) is 41.3 Å². The molecule has 2 rings (SSSR count). The molecule has 15 heavy (non-hydrogen) atoms. The van der Waals surface area contributed by atoms with E-state index < -0.39 is 0 Å². The van der Waals surface area contributed by atoms with E-state index in [-0.39, 0.29) is 12.3 Å². The number of rotatable bonds is 3. The largest absolute Gasteiger partial charge is 0.469 e. The van der Waals surface area contributed by atoms with Gasteiger partial charge in [-0.1, -0.05) is 0 Å². The third-order valence-corrected chi connectivity index (χ3v) is 1.73. The van der Waals surface area contributed by atoms with Gasteiger partial charge in [-0.3, -0.25) is 10.1 Å². The Morgan fingerprint density at radius 1 is 1.33 bits per heavy atom. The Labute approximate surface area is 86.2 Å². The predicted molar refractivity (Wildman–Crippen MR) is 53.1 cm³/mol. The standard InChI is InChI=1S/C10H9N3O2/c14-9(7-8-3-1-6-15-8)13-10-11-4-2-5-12-10/h1-6H,7H2,(H,11,12,13,14). The zero-order valence-electron chi connectivity index (χ0n) is 7.88.